The molecule has 1 aliphatic rings. The standard InChI is InChI=1S/C28H29N3O4/c32-23-12-10-21(11-13-23)27(34)22-14-16-31(17-15-22)19-26(33)30-25-9-5-4-8-24(25)28(35)29-18-20-6-2-1-3-7-20/h1-13,22,32H,14-19H2,(H,29,35)(H,30,33). The Morgan fingerprint density at radius 3 is 2.23 bits per heavy atom. The number of benzene rings is 3. The van der Waals surface area contributed by atoms with Crippen LogP contribution in [0.15, 0.2) is 78.9 Å². The number of hydrogen-bond donors (Lipinski definition) is 3. The van der Waals surface area contributed by atoms with E-state index in [1.807, 2.05) is 35.2 Å². The second-order valence-electron chi connectivity index (χ2n) is 8.72. The lowest BCUT2D eigenvalue weighted by Crippen LogP contribution is -2.41. The number of nitrogens with one attached hydrogen (secondary N) is 2. The first kappa shape index (κ1) is 24.2. The summed E-state index contributed by atoms with van der Waals surface area (Å²) in [6, 6.07) is 22.9. The first-order valence-electron chi connectivity index (χ1n) is 11.8. The van der Waals surface area contributed by atoms with Crippen LogP contribution in [0.3, 0.4) is 0 Å². The van der Waals surface area contributed by atoms with Gasteiger partial charge in [-0.3, -0.25) is 19.3 Å². The molecule has 4 rings (SSSR count). The molecule has 0 aliphatic carbocycles. The number of aromatic hydroxyl groups is 1. The molecule has 1 heterocycles. The van der Waals surface area contributed by atoms with Crippen molar-refractivity contribution in [2.45, 2.75) is 19.4 Å². The van der Waals surface area contributed by atoms with E-state index in [-0.39, 0.29) is 35.8 Å². The van der Waals surface area contributed by atoms with Gasteiger partial charge in [-0.15, -0.1) is 0 Å². The number of carbonyl (C=O) groups is 3. The average molecular weight is 472 g/mol. The molecule has 0 aromatic heterocycles. The molecule has 1 saturated heterocycles. The molecule has 0 atom stereocenters. The third-order valence-electron chi connectivity index (χ3n) is 6.22. The third kappa shape index (κ3) is 6.55. The maximum Gasteiger partial charge on any atom is 0.253 e. The van der Waals surface area contributed by atoms with Crippen LogP contribution >= 0.6 is 0 Å². The minimum Gasteiger partial charge on any atom is -0.508 e. The number of likely N-dealkylation sites (tertiary alicyclic amines) is 1. The second-order valence-corrected chi connectivity index (χ2v) is 8.72. The fourth-order valence-electron chi connectivity index (χ4n) is 4.27. The van der Waals surface area contributed by atoms with Crippen molar-refractivity contribution in [1.29, 1.82) is 0 Å². The molecule has 7 heteroatoms. The van der Waals surface area contributed by atoms with E-state index in [1.165, 1.54) is 12.1 Å². The van der Waals surface area contributed by atoms with E-state index in [0.29, 0.717) is 49.3 Å². The summed E-state index contributed by atoms with van der Waals surface area (Å²) in [6.07, 6.45) is 1.34. The Morgan fingerprint density at radius 1 is 0.857 bits per heavy atom. The molecule has 1 aliphatic heterocycles. The van der Waals surface area contributed by atoms with Crippen molar-refractivity contribution in [3.05, 3.63) is 95.6 Å². The summed E-state index contributed by atoms with van der Waals surface area (Å²) >= 11 is 0. The number of nitrogens with zero attached hydrogens (tertiary/aromatic N) is 1. The zero-order chi connectivity index (χ0) is 24.6. The molecular weight excluding hydrogens is 442 g/mol. The maximum absolute atomic E-state index is 12.7. The highest BCUT2D eigenvalue weighted by molar-refractivity contribution is 6.04. The summed E-state index contributed by atoms with van der Waals surface area (Å²) in [7, 11) is 0. The number of piperidine rings is 1. The highest BCUT2D eigenvalue weighted by atomic mass is 16.3. The Morgan fingerprint density at radius 2 is 1.51 bits per heavy atom. The molecule has 2 amide bonds. The zero-order valence-corrected chi connectivity index (χ0v) is 19.4. The number of anilines is 1. The van der Waals surface area contributed by atoms with Crippen molar-refractivity contribution in [3.8, 4) is 5.75 Å². The van der Waals surface area contributed by atoms with Crippen LogP contribution in [0.2, 0.25) is 0 Å². The molecule has 3 N–H and O–H groups in total. The zero-order valence-electron chi connectivity index (χ0n) is 19.4. The molecule has 7 nitrogen and oxygen atoms in total. The van der Waals surface area contributed by atoms with Crippen LogP contribution in [-0.4, -0.2) is 47.2 Å². The average Bonchev–Trinajstić information content (AvgIpc) is 2.88. The molecule has 180 valence electrons. The Balaban J connectivity index is 1.28. The smallest absolute Gasteiger partial charge is 0.253 e. The van der Waals surface area contributed by atoms with Gasteiger partial charge in [-0.1, -0.05) is 42.5 Å². The Bertz CT molecular complexity index is 1170. The van der Waals surface area contributed by atoms with Crippen molar-refractivity contribution >= 4 is 23.3 Å². The third-order valence-corrected chi connectivity index (χ3v) is 6.22. The minimum absolute atomic E-state index is 0.0737. The number of carbonyl (C=O) groups excluding carboxylic acids is 3. The number of phenolic OH excluding ortho intramolecular Hbond substituents is 1. The Labute approximate surface area is 204 Å². The summed E-state index contributed by atoms with van der Waals surface area (Å²) in [4.78, 5) is 40.2. The largest absolute Gasteiger partial charge is 0.508 e. The first-order valence-corrected chi connectivity index (χ1v) is 11.8. The van der Waals surface area contributed by atoms with Gasteiger partial charge in [0.15, 0.2) is 5.78 Å². The first-order chi connectivity index (χ1) is 17.0. The van der Waals surface area contributed by atoms with Crippen LogP contribution in [0, 0.1) is 5.92 Å². The van der Waals surface area contributed by atoms with E-state index in [1.54, 1.807) is 36.4 Å². The van der Waals surface area contributed by atoms with E-state index >= 15 is 0 Å². The Kier molecular flexibility index (Phi) is 7.90. The molecule has 0 bridgehead atoms. The number of phenols is 1. The van der Waals surface area contributed by atoms with Gasteiger partial charge in [-0.2, -0.15) is 0 Å². The van der Waals surface area contributed by atoms with Gasteiger partial charge < -0.3 is 15.7 Å². The molecular formula is C28H29N3O4. The number of ketones is 1. The van der Waals surface area contributed by atoms with Crippen LogP contribution in [0.5, 0.6) is 5.75 Å². The number of rotatable bonds is 8. The highest BCUT2D eigenvalue weighted by Gasteiger charge is 2.27. The lowest BCUT2D eigenvalue weighted by atomic mass is 9.89. The van der Waals surface area contributed by atoms with Gasteiger partial charge in [0, 0.05) is 18.0 Å². The Hall–Kier alpha value is -3.97. The van der Waals surface area contributed by atoms with E-state index < -0.39 is 0 Å². The van der Waals surface area contributed by atoms with Crippen LogP contribution < -0.4 is 10.6 Å². The monoisotopic (exact) mass is 471 g/mol. The van der Waals surface area contributed by atoms with Crippen molar-refractivity contribution in [2.24, 2.45) is 5.92 Å². The summed E-state index contributed by atoms with van der Waals surface area (Å²) in [6.45, 7) is 1.88. The predicted molar refractivity (Wildman–Crippen MR) is 134 cm³/mol. The number of para-hydroxylation sites is 1. The molecule has 0 unspecified atom stereocenters. The van der Waals surface area contributed by atoms with Gasteiger partial charge >= 0.3 is 0 Å². The molecule has 0 saturated carbocycles. The maximum atomic E-state index is 12.7. The van der Waals surface area contributed by atoms with Gasteiger partial charge in [-0.05, 0) is 67.9 Å². The van der Waals surface area contributed by atoms with Crippen LogP contribution in [-0.2, 0) is 11.3 Å². The summed E-state index contributed by atoms with van der Waals surface area (Å²) in [5, 5.41) is 15.2. The lowest BCUT2D eigenvalue weighted by molar-refractivity contribution is -0.117. The van der Waals surface area contributed by atoms with Crippen LogP contribution in [0.1, 0.15) is 39.1 Å². The topological polar surface area (TPSA) is 98.7 Å². The fourth-order valence-corrected chi connectivity index (χ4v) is 4.27. The van der Waals surface area contributed by atoms with Crippen molar-refractivity contribution in [1.82, 2.24) is 10.2 Å². The van der Waals surface area contributed by atoms with Crippen LogP contribution in [0.25, 0.3) is 0 Å². The number of Topliss-reactive ketones (excluding diaryl/α,β-unsaturated/α-hetero) is 1. The van der Waals surface area contributed by atoms with Gasteiger partial charge in [-0.25, -0.2) is 0 Å². The van der Waals surface area contributed by atoms with E-state index in [4.69, 9.17) is 0 Å². The number of amides is 2. The quantitative estimate of drug-likeness (QED) is 0.434. The molecule has 0 spiro atoms. The molecule has 0 radical (unpaired) electrons. The lowest BCUT2D eigenvalue weighted by Gasteiger charge is -2.30. The molecule has 1 fully saturated rings. The van der Waals surface area contributed by atoms with E-state index in [2.05, 4.69) is 10.6 Å². The van der Waals surface area contributed by atoms with E-state index in [0.717, 1.165) is 5.56 Å². The van der Waals surface area contributed by atoms with Gasteiger partial charge in [0.05, 0.1) is 17.8 Å². The number of hydrogen-bond acceptors (Lipinski definition) is 5. The molecule has 3 aromatic rings. The fraction of sp³-hybridized carbons (Fsp3) is 0.250. The summed E-state index contributed by atoms with van der Waals surface area (Å²) in [5.41, 5.74) is 2.48. The SMILES string of the molecule is O=C(CN1CCC(C(=O)c2ccc(O)cc2)CC1)Nc1ccccc1C(=O)NCc1ccccc1. The van der Waals surface area contributed by atoms with Gasteiger partial charge in [0.25, 0.3) is 5.91 Å². The van der Waals surface area contributed by atoms with Crippen molar-refractivity contribution in [3.63, 3.8) is 0 Å². The van der Waals surface area contributed by atoms with Crippen molar-refractivity contribution in [2.75, 3.05) is 25.0 Å². The highest BCUT2D eigenvalue weighted by Crippen LogP contribution is 2.23. The molecule has 35 heavy (non-hydrogen) atoms. The second kappa shape index (κ2) is 11.4. The normalized spacial score (nSPS) is 14.3. The van der Waals surface area contributed by atoms with Crippen molar-refractivity contribution < 1.29 is 19.5 Å². The van der Waals surface area contributed by atoms with Gasteiger partial charge in [0.1, 0.15) is 5.75 Å². The predicted octanol–water partition coefficient (Wildman–Crippen LogP) is 3.86. The summed E-state index contributed by atoms with van der Waals surface area (Å²) < 4.78 is 0. The van der Waals surface area contributed by atoms with Gasteiger partial charge in [0.2, 0.25) is 5.91 Å². The van der Waals surface area contributed by atoms with E-state index in [9.17, 15) is 19.5 Å². The summed E-state index contributed by atoms with van der Waals surface area (Å²) in [5.74, 6) is -0.329. The molecule has 3 aromatic carbocycles. The minimum atomic E-state index is -0.252. The van der Waals surface area contributed by atoms with Crippen LogP contribution in [0.4, 0.5) is 5.69 Å².